The minimum absolute atomic E-state index is 0.0320. The van der Waals surface area contributed by atoms with E-state index in [1.165, 1.54) is 5.56 Å². The van der Waals surface area contributed by atoms with Gasteiger partial charge >= 0.3 is 6.03 Å². The summed E-state index contributed by atoms with van der Waals surface area (Å²) < 4.78 is 26.8. The minimum Gasteiger partial charge on any atom is -0.382 e. The van der Waals surface area contributed by atoms with Crippen molar-refractivity contribution < 1.29 is 13.6 Å². The number of rotatable bonds is 6. The Labute approximate surface area is 163 Å². The van der Waals surface area contributed by atoms with Crippen molar-refractivity contribution in [2.45, 2.75) is 31.8 Å². The van der Waals surface area contributed by atoms with Crippen LogP contribution in [0.1, 0.15) is 24.0 Å². The standard InChI is InChI=1S/C21H26F2N4O/c22-17-3-6-20(23)16(13-17)14-25-21(28)27-11-8-19(9-12-27)26-18-4-1-15(2-5-18)7-10-24/h1-6,13,19,26H,7-12,14,24H2,(H,25,28). The predicted octanol–water partition coefficient (Wildman–Crippen LogP) is 3.25. The number of likely N-dealkylation sites (tertiary alicyclic amines) is 1. The first kappa shape index (κ1) is 20.1. The number of anilines is 1. The SMILES string of the molecule is NCCc1ccc(NC2CCN(C(=O)NCc3cc(F)ccc3F)CC2)cc1. The van der Waals surface area contributed by atoms with Crippen LogP contribution in [-0.2, 0) is 13.0 Å². The summed E-state index contributed by atoms with van der Waals surface area (Å²) in [5.74, 6) is -1.05. The Balaban J connectivity index is 1.44. The van der Waals surface area contributed by atoms with Crippen LogP contribution in [0.25, 0.3) is 0 Å². The molecule has 2 aromatic rings. The van der Waals surface area contributed by atoms with Crippen molar-refractivity contribution in [2.75, 3.05) is 25.0 Å². The minimum atomic E-state index is -0.526. The first-order valence-corrected chi connectivity index (χ1v) is 9.57. The maximum atomic E-state index is 13.6. The zero-order chi connectivity index (χ0) is 19.9. The Hall–Kier alpha value is -2.67. The van der Waals surface area contributed by atoms with E-state index in [4.69, 9.17) is 5.73 Å². The first-order valence-electron chi connectivity index (χ1n) is 9.57. The van der Waals surface area contributed by atoms with E-state index in [9.17, 15) is 13.6 Å². The third-order valence-electron chi connectivity index (χ3n) is 4.98. The molecule has 0 bridgehead atoms. The van der Waals surface area contributed by atoms with Gasteiger partial charge in [-0.1, -0.05) is 12.1 Å². The maximum absolute atomic E-state index is 13.6. The summed E-state index contributed by atoms with van der Waals surface area (Å²) in [5, 5.41) is 6.17. The van der Waals surface area contributed by atoms with Gasteiger partial charge < -0.3 is 21.3 Å². The lowest BCUT2D eigenvalue weighted by Gasteiger charge is -2.33. The lowest BCUT2D eigenvalue weighted by Crippen LogP contribution is -2.46. The fourth-order valence-electron chi connectivity index (χ4n) is 3.36. The quantitative estimate of drug-likeness (QED) is 0.711. The monoisotopic (exact) mass is 388 g/mol. The summed E-state index contributed by atoms with van der Waals surface area (Å²) in [6.45, 7) is 1.83. The second-order valence-electron chi connectivity index (χ2n) is 7.04. The number of nitrogens with one attached hydrogen (secondary N) is 2. The molecule has 0 atom stereocenters. The zero-order valence-electron chi connectivity index (χ0n) is 15.8. The van der Waals surface area contributed by atoms with Gasteiger partial charge in [-0.15, -0.1) is 0 Å². The van der Waals surface area contributed by atoms with Crippen molar-refractivity contribution in [3.05, 3.63) is 65.2 Å². The van der Waals surface area contributed by atoms with Gasteiger partial charge in [-0.25, -0.2) is 13.6 Å². The Kier molecular flexibility index (Phi) is 6.81. The van der Waals surface area contributed by atoms with Gasteiger partial charge in [0.25, 0.3) is 0 Å². The molecule has 150 valence electrons. The second kappa shape index (κ2) is 9.50. The molecule has 3 rings (SSSR count). The summed E-state index contributed by atoms with van der Waals surface area (Å²) in [7, 11) is 0. The van der Waals surface area contributed by atoms with E-state index < -0.39 is 11.6 Å². The highest BCUT2D eigenvalue weighted by Gasteiger charge is 2.22. The molecule has 1 saturated heterocycles. The fourth-order valence-corrected chi connectivity index (χ4v) is 3.36. The maximum Gasteiger partial charge on any atom is 0.317 e. The fraction of sp³-hybridized carbons (Fsp3) is 0.381. The van der Waals surface area contributed by atoms with Crippen molar-refractivity contribution in [1.82, 2.24) is 10.2 Å². The molecule has 0 radical (unpaired) electrons. The van der Waals surface area contributed by atoms with Gasteiger partial charge in [0, 0.05) is 36.9 Å². The third-order valence-corrected chi connectivity index (χ3v) is 4.98. The van der Waals surface area contributed by atoms with Crippen LogP contribution in [0.2, 0.25) is 0 Å². The number of urea groups is 1. The van der Waals surface area contributed by atoms with Gasteiger partial charge in [-0.05, 0) is 61.7 Å². The topological polar surface area (TPSA) is 70.4 Å². The molecule has 1 heterocycles. The van der Waals surface area contributed by atoms with E-state index in [1.54, 1.807) is 4.90 Å². The predicted molar refractivity (Wildman–Crippen MR) is 106 cm³/mol. The number of hydrogen-bond acceptors (Lipinski definition) is 3. The number of amides is 2. The average molecular weight is 388 g/mol. The van der Waals surface area contributed by atoms with Gasteiger partial charge in [0.15, 0.2) is 0 Å². The Bertz CT molecular complexity index is 789. The lowest BCUT2D eigenvalue weighted by molar-refractivity contribution is 0.183. The Morgan fingerprint density at radius 3 is 2.50 bits per heavy atom. The van der Waals surface area contributed by atoms with E-state index in [0.29, 0.717) is 25.7 Å². The molecular formula is C21H26F2N4O. The van der Waals surface area contributed by atoms with E-state index in [1.807, 2.05) is 0 Å². The van der Waals surface area contributed by atoms with Gasteiger partial charge in [-0.3, -0.25) is 0 Å². The van der Waals surface area contributed by atoms with E-state index in [0.717, 1.165) is 43.1 Å². The average Bonchev–Trinajstić information content (AvgIpc) is 2.71. The summed E-state index contributed by atoms with van der Waals surface area (Å²) in [6.07, 6.45) is 2.52. The number of carbonyl (C=O) groups excluding carboxylic acids is 1. The summed E-state index contributed by atoms with van der Waals surface area (Å²) in [5.41, 5.74) is 7.98. The van der Waals surface area contributed by atoms with Crippen LogP contribution >= 0.6 is 0 Å². The zero-order valence-corrected chi connectivity index (χ0v) is 15.8. The molecule has 0 unspecified atom stereocenters. The Morgan fingerprint density at radius 2 is 1.82 bits per heavy atom. The van der Waals surface area contributed by atoms with E-state index in [-0.39, 0.29) is 18.1 Å². The number of nitrogens with zero attached hydrogens (tertiary/aromatic N) is 1. The molecule has 0 saturated carbocycles. The highest BCUT2D eigenvalue weighted by molar-refractivity contribution is 5.74. The lowest BCUT2D eigenvalue weighted by atomic mass is 10.0. The van der Waals surface area contributed by atoms with Crippen molar-refractivity contribution >= 4 is 11.7 Å². The van der Waals surface area contributed by atoms with Crippen LogP contribution in [0.15, 0.2) is 42.5 Å². The Morgan fingerprint density at radius 1 is 1.11 bits per heavy atom. The number of nitrogens with two attached hydrogens (primary N) is 1. The number of piperidine rings is 1. The number of carbonyl (C=O) groups is 1. The summed E-state index contributed by atoms with van der Waals surface area (Å²) in [6, 6.07) is 11.5. The molecule has 0 aromatic heterocycles. The van der Waals surface area contributed by atoms with Gasteiger partial charge in [-0.2, -0.15) is 0 Å². The smallest absolute Gasteiger partial charge is 0.317 e. The normalized spacial score (nSPS) is 14.8. The second-order valence-corrected chi connectivity index (χ2v) is 7.04. The van der Waals surface area contributed by atoms with Crippen LogP contribution in [0.4, 0.5) is 19.3 Å². The van der Waals surface area contributed by atoms with Gasteiger partial charge in [0.2, 0.25) is 0 Å². The molecule has 2 aromatic carbocycles. The molecular weight excluding hydrogens is 362 g/mol. The van der Waals surface area contributed by atoms with Crippen LogP contribution in [0.5, 0.6) is 0 Å². The molecule has 4 N–H and O–H groups in total. The van der Waals surface area contributed by atoms with E-state index in [2.05, 4.69) is 34.9 Å². The molecule has 2 amide bonds. The largest absolute Gasteiger partial charge is 0.382 e. The van der Waals surface area contributed by atoms with Gasteiger partial charge in [0.05, 0.1) is 0 Å². The van der Waals surface area contributed by atoms with Crippen molar-refractivity contribution in [1.29, 1.82) is 0 Å². The highest BCUT2D eigenvalue weighted by atomic mass is 19.1. The summed E-state index contributed by atoms with van der Waals surface area (Å²) in [4.78, 5) is 14.0. The molecule has 0 aliphatic carbocycles. The van der Waals surface area contributed by atoms with Gasteiger partial charge in [0.1, 0.15) is 11.6 Å². The first-order chi connectivity index (χ1) is 13.5. The van der Waals surface area contributed by atoms with Crippen LogP contribution in [-0.4, -0.2) is 36.6 Å². The number of benzene rings is 2. The highest BCUT2D eigenvalue weighted by Crippen LogP contribution is 2.18. The molecule has 1 fully saturated rings. The molecule has 7 heteroatoms. The van der Waals surface area contributed by atoms with Crippen molar-refractivity contribution in [3.63, 3.8) is 0 Å². The molecule has 28 heavy (non-hydrogen) atoms. The number of halogens is 2. The number of hydrogen-bond donors (Lipinski definition) is 3. The molecule has 5 nitrogen and oxygen atoms in total. The summed E-state index contributed by atoms with van der Waals surface area (Å²) >= 11 is 0. The van der Waals surface area contributed by atoms with Crippen molar-refractivity contribution in [2.24, 2.45) is 5.73 Å². The van der Waals surface area contributed by atoms with Crippen LogP contribution in [0, 0.1) is 11.6 Å². The molecule has 0 spiro atoms. The third kappa shape index (κ3) is 5.42. The van der Waals surface area contributed by atoms with Crippen LogP contribution < -0.4 is 16.4 Å². The molecule has 1 aliphatic heterocycles. The molecule has 1 aliphatic rings. The van der Waals surface area contributed by atoms with Crippen LogP contribution in [0.3, 0.4) is 0 Å². The van der Waals surface area contributed by atoms with Crippen molar-refractivity contribution in [3.8, 4) is 0 Å². The van der Waals surface area contributed by atoms with E-state index >= 15 is 0 Å².